The number of aliphatic hydroxyl groups is 1. The molecule has 0 fully saturated rings. The van der Waals surface area contributed by atoms with E-state index in [1.165, 1.54) is 27.7 Å². The predicted molar refractivity (Wildman–Crippen MR) is 108 cm³/mol. The number of likely N-dealkylation sites (N-methyl/N-ethyl adjacent to an activating group) is 1. The highest BCUT2D eigenvalue weighted by molar-refractivity contribution is 5.86. The summed E-state index contributed by atoms with van der Waals surface area (Å²) < 4.78 is 2.31. The summed E-state index contributed by atoms with van der Waals surface area (Å²) in [7, 11) is 2.17. The van der Waals surface area contributed by atoms with Crippen LogP contribution < -0.4 is 0 Å². The van der Waals surface area contributed by atoms with Crippen molar-refractivity contribution in [3.8, 4) is 0 Å². The van der Waals surface area contributed by atoms with Crippen LogP contribution in [0.1, 0.15) is 38.8 Å². The van der Waals surface area contributed by atoms with E-state index in [0.29, 0.717) is 12.1 Å². The van der Waals surface area contributed by atoms with Crippen LogP contribution >= 0.6 is 0 Å². The Morgan fingerprint density at radius 2 is 1.85 bits per heavy atom. The highest BCUT2D eigenvalue weighted by atomic mass is 16.3. The maximum Gasteiger partial charge on any atom is 0.150 e. The second-order valence-corrected chi connectivity index (χ2v) is 7.66. The summed E-state index contributed by atoms with van der Waals surface area (Å²) in [6, 6.07) is 13.8. The van der Waals surface area contributed by atoms with Crippen molar-refractivity contribution in [1.29, 1.82) is 0 Å². The van der Waals surface area contributed by atoms with Crippen LogP contribution in [-0.2, 0) is 19.4 Å². The molecule has 0 bridgehead atoms. The van der Waals surface area contributed by atoms with Crippen molar-refractivity contribution in [2.45, 2.75) is 32.4 Å². The molecule has 2 aromatic carbocycles. The smallest absolute Gasteiger partial charge is 0.150 e. The Labute approximate surface area is 160 Å². The van der Waals surface area contributed by atoms with E-state index in [9.17, 15) is 9.90 Å². The number of aromatic nitrogens is 1. The maximum absolute atomic E-state index is 10.9. The lowest BCUT2D eigenvalue weighted by molar-refractivity contribution is 0.112. The molecular formula is C23H26N2O2. The number of fused-ring (bicyclic) bond motifs is 3. The van der Waals surface area contributed by atoms with Crippen LogP contribution in [0.5, 0.6) is 0 Å². The van der Waals surface area contributed by atoms with E-state index in [2.05, 4.69) is 41.6 Å². The zero-order chi connectivity index (χ0) is 19.0. The summed E-state index contributed by atoms with van der Waals surface area (Å²) in [5.74, 6) is 0. The Morgan fingerprint density at radius 3 is 2.59 bits per heavy atom. The van der Waals surface area contributed by atoms with Gasteiger partial charge in [0.1, 0.15) is 6.29 Å². The Morgan fingerprint density at radius 1 is 1.11 bits per heavy atom. The molecule has 0 saturated heterocycles. The molecule has 1 atom stereocenters. The predicted octanol–water partition coefficient (Wildman–Crippen LogP) is 3.53. The van der Waals surface area contributed by atoms with E-state index >= 15 is 0 Å². The Bertz CT molecular complexity index is 972. The van der Waals surface area contributed by atoms with Crippen LogP contribution in [0.3, 0.4) is 0 Å². The third kappa shape index (κ3) is 3.43. The van der Waals surface area contributed by atoms with E-state index in [4.69, 9.17) is 0 Å². The Kier molecular flexibility index (Phi) is 4.85. The first-order valence-electron chi connectivity index (χ1n) is 9.59. The van der Waals surface area contributed by atoms with Crippen LogP contribution in [0.25, 0.3) is 10.9 Å². The fourth-order valence-corrected chi connectivity index (χ4v) is 4.15. The zero-order valence-electron chi connectivity index (χ0n) is 16.0. The SMILES string of the molecule is Cc1ccc2c(c1)c1c(n2CC(O)c2ccc(C=O)cc2)CCN(C)CC1. The van der Waals surface area contributed by atoms with Crippen molar-refractivity contribution in [2.24, 2.45) is 0 Å². The summed E-state index contributed by atoms with van der Waals surface area (Å²) in [6.45, 7) is 4.76. The summed E-state index contributed by atoms with van der Waals surface area (Å²) in [6.07, 6.45) is 2.26. The number of hydrogen-bond acceptors (Lipinski definition) is 3. The lowest BCUT2D eigenvalue weighted by Gasteiger charge is -2.17. The van der Waals surface area contributed by atoms with Gasteiger partial charge in [0.25, 0.3) is 0 Å². The number of hydrogen-bond donors (Lipinski definition) is 1. The van der Waals surface area contributed by atoms with Gasteiger partial charge < -0.3 is 14.6 Å². The summed E-state index contributed by atoms with van der Waals surface area (Å²) >= 11 is 0. The van der Waals surface area contributed by atoms with Crippen LogP contribution in [0.4, 0.5) is 0 Å². The molecule has 0 aliphatic carbocycles. The Balaban J connectivity index is 1.75. The molecule has 140 valence electrons. The second kappa shape index (κ2) is 7.29. The Hall–Kier alpha value is -2.43. The zero-order valence-corrected chi connectivity index (χ0v) is 16.0. The van der Waals surface area contributed by atoms with Gasteiger partial charge in [-0.15, -0.1) is 0 Å². The fourth-order valence-electron chi connectivity index (χ4n) is 4.15. The van der Waals surface area contributed by atoms with Gasteiger partial charge in [0.2, 0.25) is 0 Å². The molecule has 1 aliphatic heterocycles. The standard InChI is InChI=1S/C23H26N2O2/c1-16-3-8-21-20(13-16)19-9-11-24(2)12-10-22(19)25(21)14-23(27)18-6-4-17(15-26)5-7-18/h3-8,13,15,23,27H,9-12,14H2,1-2H3. The van der Waals surface area contributed by atoms with Gasteiger partial charge >= 0.3 is 0 Å². The molecule has 1 aromatic heterocycles. The van der Waals surface area contributed by atoms with Crippen molar-refractivity contribution in [3.05, 3.63) is 70.4 Å². The molecule has 1 aliphatic rings. The molecule has 3 aromatic rings. The van der Waals surface area contributed by atoms with Gasteiger partial charge in [0, 0.05) is 41.7 Å². The molecular weight excluding hydrogens is 336 g/mol. The number of nitrogens with zero attached hydrogens (tertiary/aromatic N) is 2. The van der Waals surface area contributed by atoms with Crippen LogP contribution in [-0.4, -0.2) is 41.0 Å². The van der Waals surface area contributed by atoms with E-state index in [0.717, 1.165) is 37.8 Å². The van der Waals surface area contributed by atoms with Gasteiger partial charge in [-0.1, -0.05) is 35.9 Å². The number of aldehydes is 1. The average molecular weight is 362 g/mol. The molecule has 0 radical (unpaired) electrons. The third-order valence-corrected chi connectivity index (χ3v) is 5.73. The molecule has 1 unspecified atom stereocenters. The normalized spacial score (nSPS) is 16.1. The molecule has 0 spiro atoms. The minimum Gasteiger partial charge on any atom is -0.387 e. The van der Waals surface area contributed by atoms with Gasteiger partial charge in [-0.05, 0) is 43.7 Å². The molecule has 4 rings (SSSR count). The number of benzene rings is 2. The van der Waals surface area contributed by atoms with Gasteiger partial charge in [-0.25, -0.2) is 0 Å². The van der Waals surface area contributed by atoms with Gasteiger partial charge in [-0.2, -0.15) is 0 Å². The van der Waals surface area contributed by atoms with Crippen LogP contribution in [0, 0.1) is 6.92 Å². The topological polar surface area (TPSA) is 45.5 Å². The average Bonchev–Trinajstić information content (AvgIpc) is 2.82. The molecule has 4 nitrogen and oxygen atoms in total. The van der Waals surface area contributed by atoms with Crippen molar-refractivity contribution >= 4 is 17.2 Å². The number of aryl methyl sites for hydroxylation is 1. The summed E-state index contributed by atoms with van der Waals surface area (Å²) in [4.78, 5) is 13.2. The number of carbonyl (C=O) groups excluding carboxylic acids is 1. The molecule has 2 heterocycles. The van der Waals surface area contributed by atoms with Crippen molar-refractivity contribution in [1.82, 2.24) is 9.47 Å². The molecule has 0 saturated carbocycles. The van der Waals surface area contributed by atoms with Crippen LogP contribution in [0.2, 0.25) is 0 Å². The highest BCUT2D eigenvalue weighted by Crippen LogP contribution is 2.31. The van der Waals surface area contributed by atoms with Gasteiger partial charge in [-0.3, -0.25) is 4.79 Å². The minimum absolute atomic E-state index is 0.527. The van der Waals surface area contributed by atoms with Crippen molar-refractivity contribution in [2.75, 3.05) is 20.1 Å². The molecule has 1 N–H and O–H groups in total. The van der Waals surface area contributed by atoms with Gasteiger partial charge in [0.15, 0.2) is 0 Å². The molecule has 27 heavy (non-hydrogen) atoms. The van der Waals surface area contributed by atoms with E-state index < -0.39 is 6.10 Å². The second-order valence-electron chi connectivity index (χ2n) is 7.66. The largest absolute Gasteiger partial charge is 0.387 e. The quantitative estimate of drug-likeness (QED) is 0.722. The number of carbonyl (C=O) groups is 1. The number of aliphatic hydroxyl groups excluding tert-OH is 1. The fraction of sp³-hybridized carbons (Fsp3) is 0.348. The summed E-state index contributed by atoms with van der Waals surface area (Å²) in [5, 5.41) is 12.2. The van der Waals surface area contributed by atoms with E-state index in [1.807, 2.05) is 12.1 Å². The van der Waals surface area contributed by atoms with Crippen molar-refractivity contribution in [3.63, 3.8) is 0 Å². The summed E-state index contributed by atoms with van der Waals surface area (Å²) in [5.41, 5.74) is 6.73. The maximum atomic E-state index is 10.9. The molecule has 4 heteroatoms. The lowest BCUT2D eigenvalue weighted by atomic mass is 10.1. The number of rotatable bonds is 4. The third-order valence-electron chi connectivity index (χ3n) is 5.73. The van der Waals surface area contributed by atoms with E-state index in [1.54, 1.807) is 12.1 Å². The first kappa shape index (κ1) is 18.0. The minimum atomic E-state index is -0.604. The monoisotopic (exact) mass is 362 g/mol. The lowest BCUT2D eigenvalue weighted by Crippen LogP contribution is -2.21. The molecule has 0 amide bonds. The van der Waals surface area contributed by atoms with Crippen LogP contribution in [0.15, 0.2) is 42.5 Å². The van der Waals surface area contributed by atoms with Crippen molar-refractivity contribution < 1.29 is 9.90 Å². The highest BCUT2D eigenvalue weighted by Gasteiger charge is 2.22. The van der Waals surface area contributed by atoms with E-state index in [-0.39, 0.29) is 0 Å². The first-order chi connectivity index (χ1) is 13.1. The first-order valence-corrected chi connectivity index (χ1v) is 9.59. The van der Waals surface area contributed by atoms with Gasteiger partial charge in [0.05, 0.1) is 12.6 Å².